The van der Waals surface area contributed by atoms with Crippen LogP contribution >= 0.6 is 0 Å². The fraction of sp³-hybridized carbons (Fsp3) is 0.200. The van der Waals surface area contributed by atoms with Gasteiger partial charge in [-0.25, -0.2) is 4.79 Å². The summed E-state index contributed by atoms with van der Waals surface area (Å²) in [6.07, 6.45) is 0. The predicted octanol–water partition coefficient (Wildman–Crippen LogP) is 2.00. The number of hydrogen-bond donors (Lipinski definition) is 1. The molecular weight excluding hydrogens is 336 g/mol. The van der Waals surface area contributed by atoms with Crippen LogP contribution < -0.4 is 14.8 Å². The van der Waals surface area contributed by atoms with Crippen molar-refractivity contribution < 1.29 is 33.1 Å². The van der Waals surface area contributed by atoms with Crippen LogP contribution in [0.15, 0.2) is 34.7 Å². The lowest BCUT2D eigenvalue weighted by Crippen LogP contribution is -2.21. The molecule has 0 radical (unpaired) electrons. The normalized spacial score (nSPS) is 10.0. The minimum atomic E-state index is -0.999. The number of ether oxygens (including phenoxy) is 3. The van der Waals surface area contributed by atoms with Crippen molar-refractivity contribution in [3.8, 4) is 11.5 Å². The molecule has 0 saturated carbocycles. The third-order valence-corrected chi connectivity index (χ3v) is 2.99. The summed E-state index contributed by atoms with van der Waals surface area (Å²) in [6.45, 7) is -0.617. The Balaban J connectivity index is 1.96. The standard InChI is InChI=1S/C15H14N2O8/c1-22-9-3-4-11(23-2)10(7-9)16-13(18)8-24-15(19)12-5-6-14(25-12)17(20)21/h3-7H,8H2,1-2H3,(H,16,18). The van der Waals surface area contributed by atoms with E-state index in [1.807, 2.05) is 0 Å². The Morgan fingerprint density at radius 3 is 2.56 bits per heavy atom. The molecule has 0 bridgehead atoms. The van der Waals surface area contributed by atoms with Gasteiger partial charge >= 0.3 is 11.9 Å². The van der Waals surface area contributed by atoms with E-state index in [1.165, 1.54) is 20.3 Å². The molecule has 2 rings (SSSR count). The lowest BCUT2D eigenvalue weighted by Gasteiger charge is -2.11. The first-order valence-electron chi connectivity index (χ1n) is 6.88. The molecule has 1 heterocycles. The molecule has 0 saturated heterocycles. The quantitative estimate of drug-likeness (QED) is 0.456. The predicted molar refractivity (Wildman–Crippen MR) is 83.8 cm³/mol. The fourth-order valence-electron chi connectivity index (χ4n) is 1.84. The van der Waals surface area contributed by atoms with Crippen LogP contribution in [-0.2, 0) is 9.53 Å². The van der Waals surface area contributed by atoms with E-state index in [2.05, 4.69) is 9.73 Å². The van der Waals surface area contributed by atoms with Gasteiger partial charge in [0, 0.05) is 6.07 Å². The Kier molecular flexibility index (Phi) is 5.56. The average Bonchev–Trinajstić information content (AvgIpc) is 3.10. The number of benzene rings is 1. The molecule has 2 aromatic rings. The zero-order chi connectivity index (χ0) is 18.4. The van der Waals surface area contributed by atoms with Crippen LogP contribution in [0.25, 0.3) is 0 Å². The molecule has 25 heavy (non-hydrogen) atoms. The van der Waals surface area contributed by atoms with Gasteiger partial charge in [0.25, 0.3) is 5.91 Å². The monoisotopic (exact) mass is 350 g/mol. The van der Waals surface area contributed by atoms with Crippen molar-refractivity contribution in [1.29, 1.82) is 0 Å². The number of hydrogen-bond acceptors (Lipinski definition) is 8. The van der Waals surface area contributed by atoms with E-state index >= 15 is 0 Å². The number of carbonyl (C=O) groups is 2. The van der Waals surface area contributed by atoms with E-state index in [-0.39, 0.29) is 5.76 Å². The number of rotatable bonds is 7. The molecule has 132 valence electrons. The van der Waals surface area contributed by atoms with Crippen LogP contribution in [0.1, 0.15) is 10.6 Å². The largest absolute Gasteiger partial charge is 0.497 e. The first-order chi connectivity index (χ1) is 11.9. The van der Waals surface area contributed by atoms with Crippen molar-refractivity contribution in [1.82, 2.24) is 0 Å². The van der Waals surface area contributed by atoms with E-state index in [9.17, 15) is 19.7 Å². The molecule has 10 heteroatoms. The Bertz CT molecular complexity index is 799. The zero-order valence-electron chi connectivity index (χ0n) is 13.3. The number of anilines is 1. The van der Waals surface area contributed by atoms with Gasteiger partial charge in [0.15, 0.2) is 6.61 Å². The number of amides is 1. The minimum absolute atomic E-state index is 0.330. The lowest BCUT2D eigenvalue weighted by molar-refractivity contribution is -0.402. The summed E-state index contributed by atoms with van der Waals surface area (Å²) in [4.78, 5) is 33.3. The Hall–Kier alpha value is -3.56. The summed E-state index contributed by atoms with van der Waals surface area (Å²) in [5.41, 5.74) is 0.330. The Morgan fingerprint density at radius 1 is 1.20 bits per heavy atom. The van der Waals surface area contributed by atoms with Crippen molar-refractivity contribution in [3.63, 3.8) is 0 Å². The number of nitro groups is 1. The van der Waals surface area contributed by atoms with Gasteiger partial charge in [0.1, 0.15) is 16.4 Å². The average molecular weight is 350 g/mol. The first-order valence-corrected chi connectivity index (χ1v) is 6.88. The Morgan fingerprint density at radius 2 is 1.96 bits per heavy atom. The van der Waals surface area contributed by atoms with E-state index in [0.29, 0.717) is 17.2 Å². The van der Waals surface area contributed by atoms with Crippen molar-refractivity contribution in [2.45, 2.75) is 0 Å². The highest BCUT2D eigenvalue weighted by Crippen LogP contribution is 2.28. The topological polar surface area (TPSA) is 130 Å². The molecule has 0 fully saturated rings. The highest BCUT2D eigenvalue weighted by molar-refractivity contribution is 5.95. The second-order valence-electron chi connectivity index (χ2n) is 4.59. The molecular formula is C15H14N2O8. The van der Waals surface area contributed by atoms with Gasteiger partial charge < -0.3 is 23.9 Å². The van der Waals surface area contributed by atoms with Crippen molar-refractivity contribution in [2.75, 3.05) is 26.1 Å². The van der Waals surface area contributed by atoms with E-state index < -0.39 is 29.3 Å². The minimum Gasteiger partial charge on any atom is -0.497 e. The fourth-order valence-corrected chi connectivity index (χ4v) is 1.84. The van der Waals surface area contributed by atoms with E-state index in [0.717, 1.165) is 12.1 Å². The molecule has 1 aromatic carbocycles. The second-order valence-corrected chi connectivity index (χ2v) is 4.59. The molecule has 1 N–H and O–H groups in total. The van der Waals surface area contributed by atoms with Gasteiger partial charge in [-0.3, -0.25) is 14.9 Å². The molecule has 0 spiro atoms. The molecule has 10 nitrogen and oxygen atoms in total. The van der Waals surface area contributed by atoms with Crippen LogP contribution in [0.4, 0.5) is 11.6 Å². The van der Waals surface area contributed by atoms with Crippen molar-refractivity contribution >= 4 is 23.4 Å². The molecule has 0 atom stereocenters. The number of esters is 1. The van der Waals surface area contributed by atoms with Gasteiger partial charge in [-0.15, -0.1) is 0 Å². The lowest BCUT2D eigenvalue weighted by atomic mass is 10.2. The molecule has 0 aliphatic carbocycles. The molecule has 1 aromatic heterocycles. The number of nitrogens with one attached hydrogen (secondary N) is 1. The van der Waals surface area contributed by atoms with Gasteiger partial charge in [0.05, 0.1) is 26.0 Å². The number of methoxy groups -OCH3 is 2. The third-order valence-electron chi connectivity index (χ3n) is 2.99. The second kappa shape index (κ2) is 7.81. The smallest absolute Gasteiger partial charge is 0.433 e. The Labute approximate surface area is 141 Å². The summed E-state index contributed by atoms with van der Waals surface area (Å²) in [5.74, 6) is -1.73. The maximum Gasteiger partial charge on any atom is 0.433 e. The third kappa shape index (κ3) is 4.47. The molecule has 1 amide bonds. The highest BCUT2D eigenvalue weighted by atomic mass is 16.7. The summed E-state index contributed by atoms with van der Waals surface area (Å²) in [7, 11) is 2.90. The number of furan rings is 1. The van der Waals surface area contributed by atoms with Crippen molar-refractivity contribution in [3.05, 3.63) is 46.2 Å². The van der Waals surface area contributed by atoms with Gasteiger partial charge in [-0.1, -0.05) is 0 Å². The summed E-state index contributed by atoms with van der Waals surface area (Å²) in [6, 6.07) is 6.89. The van der Waals surface area contributed by atoms with Crippen LogP contribution in [0.2, 0.25) is 0 Å². The van der Waals surface area contributed by atoms with Crippen LogP contribution in [0.3, 0.4) is 0 Å². The van der Waals surface area contributed by atoms with E-state index in [1.54, 1.807) is 12.1 Å². The van der Waals surface area contributed by atoms with Gasteiger partial charge in [-0.05, 0) is 18.2 Å². The zero-order valence-corrected chi connectivity index (χ0v) is 13.3. The SMILES string of the molecule is COc1ccc(OC)c(NC(=O)COC(=O)c2ccc([N+](=O)[O-])o2)c1. The number of nitrogens with zero attached hydrogens (tertiary/aromatic N) is 1. The molecule has 0 aliphatic rings. The van der Waals surface area contributed by atoms with Crippen molar-refractivity contribution in [2.24, 2.45) is 0 Å². The number of carbonyl (C=O) groups excluding carboxylic acids is 2. The van der Waals surface area contributed by atoms with E-state index in [4.69, 9.17) is 14.2 Å². The van der Waals surface area contributed by atoms with Gasteiger partial charge in [-0.2, -0.15) is 0 Å². The van der Waals surface area contributed by atoms with Crippen LogP contribution in [0, 0.1) is 10.1 Å². The highest BCUT2D eigenvalue weighted by Gasteiger charge is 2.19. The maximum atomic E-state index is 11.9. The molecule has 0 unspecified atom stereocenters. The molecule has 0 aliphatic heterocycles. The summed E-state index contributed by atoms with van der Waals surface area (Å²) < 4.78 is 19.6. The van der Waals surface area contributed by atoms with Gasteiger partial charge in [0.2, 0.25) is 5.76 Å². The summed E-state index contributed by atoms with van der Waals surface area (Å²) in [5, 5.41) is 13.0. The first kappa shape index (κ1) is 17.8. The van der Waals surface area contributed by atoms with Crippen LogP contribution in [0.5, 0.6) is 11.5 Å². The van der Waals surface area contributed by atoms with Crippen LogP contribution in [-0.4, -0.2) is 37.6 Å². The maximum absolute atomic E-state index is 11.9. The summed E-state index contributed by atoms with van der Waals surface area (Å²) >= 11 is 0.